The molecule has 0 bridgehead atoms. The lowest BCUT2D eigenvalue weighted by Gasteiger charge is -2.11. The van der Waals surface area contributed by atoms with Gasteiger partial charge in [-0.15, -0.1) is 10.2 Å². The topological polar surface area (TPSA) is 240 Å². The smallest absolute Gasteiger partial charge is 0.437 e. The van der Waals surface area contributed by atoms with E-state index in [4.69, 9.17) is 19.7 Å². The molecule has 4 N–H and O–H groups in total. The fraction of sp³-hybridized carbons (Fsp3) is 0.136. The molecule has 0 aliphatic carbocycles. The minimum atomic E-state index is -1.64. The number of carbonyl (C=O) groups excluding carboxylic acids is 1. The molecule has 6 aromatic heterocycles. The number of rotatable bonds is 9. The molecule has 0 atom stereocenters. The van der Waals surface area contributed by atoms with Gasteiger partial charge in [-0.2, -0.15) is 9.36 Å². The first-order chi connectivity index (χ1) is 31.1. The van der Waals surface area contributed by atoms with Gasteiger partial charge in [-0.05, 0) is 60.4 Å². The number of hydrogen-bond donors (Lipinski definition) is 3. The molecule has 1 amide bonds. The van der Waals surface area contributed by atoms with Gasteiger partial charge in [-0.1, -0.05) is 38.1 Å². The van der Waals surface area contributed by atoms with Crippen molar-refractivity contribution in [3.05, 3.63) is 165 Å². The zero-order valence-corrected chi connectivity index (χ0v) is 34.7. The Hall–Kier alpha value is -8.62. The van der Waals surface area contributed by atoms with E-state index >= 15 is 0 Å². The zero-order chi connectivity index (χ0) is 46.9. The fourth-order valence-electron chi connectivity index (χ4n) is 6.04. The first-order valence-electron chi connectivity index (χ1n) is 19.2. The zero-order valence-electron chi connectivity index (χ0n) is 34.7. The van der Waals surface area contributed by atoms with Crippen LogP contribution in [0.3, 0.4) is 0 Å². The van der Waals surface area contributed by atoms with Crippen LogP contribution in [0, 0.1) is 23.3 Å². The Labute approximate surface area is 364 Å². The number of amides is 1. The standard InChI is InChI=1S/C22H17F2N5O3.C16H16N4O2.C6H3F2NO2/c1-3-18-15(8-13(9-26-18)21-28-29(2)22(31)32-21)12-4-6-14(7-5-12)27-20(30)19-16(23)10-25-11-17(19)24;1-3-14-13(10-4-6-12(17)7-5-10)8-11(9-18-14)15-19-20(2)16(21)22-15;7-3-1-9-2-4(8)5(3)6(10)11/h4-11H,3H2,1-2H3,(H,27,30);4-9H,3,17H2,1-2H3;1-2H,(H,10,11). The quantitative estimate of drug-likeness (QED) is 0.0988. The van der Waals surface area contributed by atoms with Gasteiger partial charge < -0.3 is 25.0 Å². The molecule has 8 aromatic rings. The summed E-state index contributed by atoms with van der Waals surface area (Å²) < 4.78 is 64.9. The fourth-order valence-corrected chi connectivity index (χ4v) is 6.04. The van der Waals surface area contributed by atoms with Crippen molar-refractivity contribution in [2.24, 2.45) is 14.1 Å². The molecule has 0 radical (unpaired) electrons. The van der Waals surface area contributed by atoms with Gasteiger partial charge in [0.2, 0.25) is 0 Å². The van der Waals surface area contributed by atoms with Crippen LogP contribution in [0.25, 0.3) is 45.2 Å². The van der Waals surface area contributed by atoms with Gasteiger partial charge in [0, 0.05) is 60.4 Å². The van der Waals surface area contributed by atoms with Crippen molar-refractivity contribution < 1.29 is 41.1 Å². The molecule has 65 heavy (non-hydrogen) atoms. The number of aromatic carboxylic acids is 1. The number of nitrogens with zero attached hydrogens (tertiary/aromatic N) is 8. The number of nitrogens with one attached hydrogen (secondary N) is 1. The molecule has 0 saturated heterocycles. The molecule has 0 unspecified atom stereocenters. The van der Waals surface area contributed by atoms with Crippen LogP contribution in [0.15, 0.2) is 116 Å². The van der Waals surface area contributed by atoms with Crippen LogP contribution < -0.4 is 22.6 Å². The van der Waals surface area contributed by atoms with Gasteiger partial charge in [0.15, 0.2) is 23.3 Å². The number of anilines is 2. The number of nitrogen functional groups attached to an aromatic ring is 1. The third-order valence-electron chi connectivity index (χ3n) is 9.31. The molecule has 0 spiro atoms. The van der Waals surface area contributed by atoms with Gasteiger partial charge in [0.05, 0.1) is 35.9 Å². The summed E-state index contributed by atoms with van der Waals surface area (Å²) in [6.07, 6.45) is 7.55. The molecule has 0 saturated carbocycles. The molecule has 0 fully saturated rings. The molecule has 21 heteroatoms. The van der Waals surface area contributed by atoms with Crippen molar-refractivity contribution in [2.45, 2.75) is 26.7 Å². The molecule has 332 valence electrons. The van der Waals surface area contributed by atoms with Crippen LogP contribution in [0.2, 0.25) is 0 Å². The van der Waals surface area contributed by atoms with Crippen LogP contribution in [-0.2, 0) is 26.9 Å². The highest BCUT2D eigenvalue weighted by Gasteiger charge is 2.19. The minimum absolute atomic E-state index is 0.152. The van der Waals surface area contributed by atoms with Crippen LogP contribution >= 0.6 is 0 Å². The SMILES string of the molecule is CCc1ncc(-c2nn(C)c(=O)o2)cc1-c1ccc(N)cc1.CCc1ncc(-c2nn(C)c(=O)o2)cc1-c1ccc(NC(=O)c2c(F)cncc2F)cc1.O=C(O)c1c(F)cncc1F. The van der Waals surface area contributed by atoms with Crippen LogP contribution in [0.4, 0.5) is 28.9 Å². The number of carboxylic acids is 1. The Balaban J connectivity index is 0.000000182. The Morgan fingerprint density at radius 3 is 1.38 bits per heavy atom. The van der Waals surface area contributed by atoms with E-state index in [-0.39, 0.29) is 11.8 Å². The second-order valence-corrected chi connectivity index (χ2v) is 13.7. The maximum Gasteiger partial charge on any atom is 0.437 e. The van der Waals surface area contributed by atoms with Crippen molar-refractivity contribution in [3.63, 3.8) is 0 Å². The van der Waals surface area contributed by atoms with Gasteiger partial charge >= 0.3 is 17.5 Å². The highest BCUT2D eigenvalue weighted by molar-refractivity contribution is 6.04. The number of carbonyl (C=O) groups is 2. The second-order valence-electron chi connectivity index (χ2n) is 13.7. The number of pyridine rings is 4. The lowest BCUT2D eigenvalue weighted by atomic mass is 10.0. The van der Waals surface area contributed by atoms with E-state index in [1.54, 1.807) is 43.7 Å². The highest BCUT2D eigenvalue weighted by Crippen LogP contribution is 2.30. The highest BCUT2D eigenvalue weighted by atomic mass is 19.1. The largest absolute Gasteiger partial charge is 0.477 e. The maximum atomic E-state index is 13.8. The van der Waals surface area contributed by atoms with Crippen LogP contribution in [0.1, 0.15) is 46.0 Å². The monoisotopic (exact) mass is 892 g/mol. The normalized spacial score (nSPS) is 10.6. The predicted molar refractivity (Wildman–Crippen MR) is 227 cm³/mol. The van der Waals surface area contributed by atoms with Crippen molar-refractivity contribution in [2.75, 3.05) is 11.1 Å². The molecular weight excluding hydrogens is 857 g/mol. The Morgan fingerprint density at radius 2 is 1.03 bits per heavy atom. The number of halogens is 4. The van der Waals surface area contributed by atoms with E-state index in [2.05, 4.69) is 35.5 Å². The van der Waals surface area contributed by atoms with Gasteiger partial charge in [0.1, 0.15) is 11.1 Å². The number of aryl methyl sites for hydroxylation is 4. The average molecular weight is 893 g/mol. The van der Waals surface area contributed by atoms with Crippen molar-refractivity contribution in [1.29, 1.82) is 0 Å². The molecule has 17 nitrogen and oxygen atoms in total. The summed E-state index contributed by atoms with van der Waals surface area (Å²) in [6, 6.07) is 18.0. The van der Waals surface area contributed by atoms with E-state index in [9.17, 15) is 36.7 Å². The summed E-state index contributed by atoms with van der Waals surface area (Å²) in [4.78, 5) is 60.8. The molecule has 2 aromatic carbocycles. The van der Waals surface area contributed by atoms with E-state index < -0.39 is 57.8 Å². The summed E-state index contributed by atoms with van der Waals surface area (Å²) in [6.45, 7) is 4.00. The first kappa shape index (κ1) is 45.9. The average Bonchev–Trinajstić information content (AvgIpc) is 3.81. The lowest BCUT2D eigenvalue weighted by Crippen LogP contribution is -2.16. The van der Waals surface area contributed by atoms with E-state index in [0.717, 1.165) is 61.8 Å². The van der Waals surface area contributed by atoms with E-state index in [1.165, 1.54) is 7.05 Å². The maximum absolute atomic E-state index is 13.8. The lowest BCUT2D eigenvalue weighted by molar-refractivity contribution is 0.0685. The predicted octanol–water partition coefficient (Wildman–Crippen LogP) is 6.90. The summed E-state index contributed by atoms with van der Waals surface area (Å²) >= 11 is 0. The Morgan fingerprint density at radius 1 is 0.631 bits per heavy atom. The number of nitrogens with two attached hydrogens (primary N) is 1. The summed E-state index contributed by atoms with van der Waals surface area (Å²) in [5.41, 5.74) is 11.7. The molecule has 0 aliphatic rings. The number of benzene rings is 2. The Kier molecular flexibility index (Phi) is 14.2. The molecule has 6 heterocycles. The summed E-state index contributed by atoms with van der Waals surface area (Å²) in [5, 5.41) is 18.8. The molecule has 8 rings (SSSR count). The number of aromatic nitrogens is 8. The van der Waals surface area contributed by atoms with Gasteiger partial charge in [-0.25, -0.2) is 31.9 Å². The second kappa shape index (κ2) is 20.0. The van der Waals surface area contributed by atoms with Gasteiger partial charge in [-0.3, -0.25) is 24.7 Å². The summed E-state index contributed by atoms with van der Waals surface area (Å²) in [7, 11) is 3.03. The van der Waals surface area contributed by atoms with E-state index in [0.29, 0.717) is 41.3 Å². The van der Waals surface area contributed by atoms with Crippen molar-refractivity contribution in [3.8, 4) is 45.2 Å². The van der Waals surface area contributed by atoms with E-state index in [1.807, 2.05) is 50.2 Å². The summed E-state index contributed by atoms with van der Waals surface area (Å²) in [5.74, 6) is -7.65. The Bertz CT molecular complexity index is 3090. The molecule has 0 aliphatic heterocycles. The molecular formula is C44H36F4N10O7. The van der Waals surface area contributed by atoms with Crippen LogP contribution in [-0.4, -0.2) is 56.5 Å². The van der Waals surface area contributed by atoms with Crippen LogP contribution in [0.5, 0.6) is 0 Å². The third-order valence-corrected chi connectivity index (χ3v) is 9.31. The van der Waals surface area contributed by atoms with Crippen molar-refractivity contribution in [1.82, 2.24) is 39.5 Å². The number of hydrogen-bond acceptors (Lipinski definition) is 13. The minimum Gasteiger partial charge on any atom is -0.477 e. The van der Waals surface area contributed by atoms with Crippen molar-refractivity contribution >= 4 is 23.3 Å². The van der Waals surface area contributed by atoms with Gasteiger partial charge in [0.25, 0.3) is 17.7 Å². The number of carboxylic acid groups (broad SMARTS) is 1. The first-order valence-corrected chi connectivity index (χ1v) is 19.2. The third kappa shape index (κ3) is 10.7.